The van der Waals surface area contributed by atoms with Crippen molar-refractivity contribution < 1.29 is 4.79 Å². The quantitative estimate of drug-likeness (QED) is 0.432. The maximum Gasteiger partial charge on any atom is 0.319 e. The molecule has 1 heterocycles. The van der Waals surface area contributed by atoms with Crippen molar-refractivity contribution in [2.75, 3.05) is 18.4 Å². The number of aromatic nitrogens is 2. The molecule has 1 atom stereocenters. The molecule has 1 unspecified atom stereocenters. The summed E-state index contributed by atoms with van der Waals surface area (Å²) in [7, 11) is 0. The molecule has 0 radical (unpaired) electrons. The van der Waals surface area contributed by atoms with E-state index < -0.39 is 0 Å². The van der Waals surface area contributed by atoms with Crippen molar-refractivity contribution >= 4 is 22.6 Å². The van der Waals surface area contributed by atoms with Gasteiger partial charge in [-0.2, -0.15) is 5.10 Å². The van der Waals surface area contributed by atoms with Gasteiger partial charge in [-0.3, -0.25) is 5.10 Å². The number of H-pyrrole nitrogens is 1. The first-order valence-electron chi connectivity index (χ1n) is 10.5. The molecule has 0 saturated heterocycles. The van der Waals surface area contributed by atoms with Gasteiger partial charge in [-0.25, -0.2) is 4.79 Å². The van der Waals surface area contributed by atoms with Crippen LogP contribution in [0.25, 0.3) is 10.9 Å². The highest BCUT2D eigenvalue weighted by Crippen LogP contribution is 2.40. The number of fused-ring (bicyclic) bond motifs is 2. The second kappa shape index (κ2) is 8.66. The van der Waals surface area contributed by atoms with Crippen molar-refractivity contribution in [2.45, 2.75) is 44.6 Å². The van der Waals surface area contributed by atoms with E-state index in [1.807, 2.05) is 18.2 Å². The van der Waals surface area contributed by atoms with E-state index >= 15 is 0 Å². The molecule has 3 aromatic rings. The van der Waals surface area contributed by atoms with Crippen LogP contribution in [-0.2, 0) is 12.0 Å². The summed E-state index contributed by atoms with van der Waals surface area (Å²) in [6.45, 7) is 4.18. The molecule has 0 spiro atoms. The Labute approximate surface area is 171 Å². The molecule has 0 bridgehead atoms. The van der Waals surface area contributed by atoms with Crippen LogP contribution in [-0.4, -0.2) is 29.3 Å². The molecular weight excluding hydrogens is 362 g/mol. The first kappa shape index (κ1) is 19.5. The summed E-state index contributed by atoms with van der Waals surface area (Å²) >= 11 is 0. The van der Waals surface area contributed by atoms with Crippen LogP contribution < -0.4 is 16.0 Å². The minimum atomic E-state index is -0.321. The first-order valence-corrected chi connectivity index (χ1v) is 10.5. The Bertz CT molecular complexity index is 982. The minimum absolute atomic E-state index is 0.170. The SMILES string of the molecule is CCCNCCCC1(NC(=O)Nc2cccc3[nH]ncc23)CCc2ccccc21. The van der Waals surface area contributed by atoms with E-state index in [2.05, 4.69) is 57.3 Å². The van der Waals surface area contributed by atoms with Crippen LogP contribution in [0, 0.1) is 0 Å². The molecular formula is C23H29N5O. The van der Waals surface area contributed by atoms with Crippen LogP contribution in [0.15, 0.2) is 48.7 Å². The van der Waals surface area contributed by atoms with Gasteiger partial charge in [-0.1, -0.05) is 37.3 Å². The minimum Gasteiger partial charge on any atom is -0.328 e. The van der Waals surface area contributed by atoms with Gasteiger partial charge in [0, 0.05) is 5.39 Å². The molecule has 152 valence electrons. The highest BCUT2D eigenvalue weighted by molar-refractivity contribution is 6.00. The molecule has 2 amide bonds. The van der Waals surface area contributed by atoms with Crippen LogP contribution in [0.4, 0.5) is 10.5 Å². The number of urea groups is 1. The number of hydrogen-bond donors (Lipinski definition) is 4. The molecule has 1 aromatic heterocycles. The number of hydrogen-bond acceptors (Lipinski definition) is 3. The second-order valence-corrected chi connectivity index (χ2v) is 7.81. The summed E-state index contributed by atoms with van der Waals surface area (Å²) in [5.41, 5.74) is 3.95. The van der Waals surface area contributed by atoms with E-state index in [0.29, 0.717) is 0 Å². The average molecular weight is 392 g/mol. The number of aromatic amines is 1. The number of nitrogens with zero attached hydrogens (tertiary/aromatic N) is 1. The fourth-order valence-corrected chi connectivity index (χ4v) is 4.40. The summed E-state index contributed by atoms with van der Waals surface area (Å²) < 4.78 is 0. The lowest BCUT2D eigenvalue weighted by Gasteiger charge is -2.32. The molecule has 4 rings (SSSR count). The predicted octanol–water partition coefficient (Wildman–Crippen LogP) is 4.31. The van der Waals surface area contributed by atoms with Crippen LogP contribution in [0.3, 0.4) is 0 Å². The van der Waals surface area contributed by atoms with Gasteiger partial charge >= 0.3 is 6.03 Å². The molecule has 1 aliphatic carbocycles. The van der Waals surface area contributed by atoms with E-state index in [9.17, 15) is 4.79 Å². The third kappa shape index (κ3) is 4.12. The van der Waals surface area contributed by atoms with Crippen LogP contribution in [0.1, 0.15) is 43.7 Å². The summed E-state index contributed by atoms with van der Waals surface area (Å²) in [5, 5.41) is 17.8. The summed E-state index contributed by atoms with van der Waals surface area (Å²) in [6.07, 6.45) is 6.74. The predicted molar refractivity (Wildman–Crippen MR) is 117 cm³/mol. The Kier molecular flexibility index (Phi) is 5.81. The van der Waals surface area contributed by atoms with Crippen LogP contribution in [0.5, 0.6) is 0 Å². The zero-order chi connectivity index (χ0) is 20.1. The van der Waals surface area contributed by atoms with Gasteiger partial charge in [0.1, 0.15) is 0 Å². The average Bonchev–Trinajstić information content (AvgIpc) is 3.34. The van der Waals surface area contributed by atoms with Gasteiger partial charge in [0.15, 0.2) is 0 Å². The van der Waals surface area contributed by atoms with Crippen molar-refractivity contribution in [1.29, 1.82) is 0 Å². The van der Waals surface area contributed by atoms with E-state index in [-0.39, 0.29) is 11.6 Å². The lowest BCUT2D eigenvalue weighted by Crippen LogP contribution is -2.46. The zero-order valence-corrected chi connectivity index (χ0v) is 16.9. The second-order valence-electron chi connectivity index (χ2n) is 7.81. The molecule has 0 fully saturated rings. The van der Waals surface area contributed by atoms with E-state index in [0.717, 1.165) is 61.8 Å². The third-order valence-corrected chi connectivity index (χ3v) is 5.82. The lowest BCUT2D eigenvalue weighted by molar-refractivity contribution is 0.230. The summed E-state index contributed by atoms with van der Waals surface area (Å²) in [4.78, 5) is 13.0. The highest BCUT2D eigenvalue weighted by atomic mass is 16.2. The van der Waals surface area contributed by atoms with Crippen LogP contribution >= 0.6 is 0 Å². The maximum atomic E-state index is 13.0. The van der Waals surface area contributed by atoms with Crippen molar-refractivity contribution in [2.24, 2.45) is 0 Å². The number of anilines is 1. The van der Waals surface area contributed by atoms with Gasteiger partial charge < -0.3 is 16.0 Å². The fraction of sp³-hybridized carbons (Fsp3) is 0.391. The van der Waals surface area contributed by atoms with E-state index in [1.165, 1.54) is 11.1 Å². The number of aryl methyl sites for hydroxylation is 1. The topological polar surface area (TPSA) is 81.8 Å². The van der Waals surface area contributed by atoms with Crippen molar-refractivity contribution in [1.82, 2.24) is 20.8 Å². The highest BCUT2D eigenvalue weighted by Gasteiger charge is 2.39. The van der Waals surface area contributed by atoms with Gasteiger partial charge in [0.2, 0.25) is 0 Å². The molecule has 6 heteroatoms. The Morgan fingerprint density at radius 3 is 2.97 bits per heavy atom. The number of nitrogens with one attached hydrogen (secondary N) is 4. The van der Waals surface area contributed by atoms with Gasteiger partial charge in [-0.05, 0) is 68.5 Å². The van der Waals surface area contributed by atoms with E-state index in [4.69, 9.17) is 0 Å². The summed E-state index contributed by atoms with van der Waals surface area (Å²) in [5.74, 6) is 0. The molecule has 1 aliphatic rings. The third-order valence-electron chi connectivity index (χ3n) is 5.82. The lowest BCUT2D eigenvalue weighted by atomic mass is 9.87. The van der Waals surface area contributed by atoms with Crippen LogP contribution in [0.2, 0.25) is 0 Å². The Morgan fingerprint density at radius 1 is 1.17 bits per heavy atom. The van der Waals surface area contributed by atoms with Gasteiger partial charge in [0.05, 0.1) is 22.9 Å². The summed E-state index contributed by atoms with van der Waals surface area (Å²) in [6, 6.07) is 14.1. The van der Waals surface area contributed by atoms with Gasteiger partial charge in [-0.15, -0.1) is 0 Å². The fourth-order valence-electron chi connectivity index (χ4n) is 4.40. The Hall–Kier alpha value is -2.86. The van der Waals surface area contributed by atoms with Gasteiger partial charge in [0.25, 0.3) is 0 Å². The number of benzene rings is 2. The molecule has 4 N–H and O–H groups in total. The molecule has 0 saturated carbocycles. The van der Waals surface area contributed by atoms with Crippen molar-refractivity contribution in [3.8, 4) is 0 Å². The van der Waals surface area contributed by atoms with Crippen molar-refractivity contribution in [3.63, 3.8) is 0 Å². The number of rotatable bonds is 8. The molecule has 29 heavy (non-hydrogen) atoms. The Morgan fingerprint density at radius 2 is 2.07 bits per heavy atom. The number of amides is 2. The number of carbonyl (C=O) groups is 1. The van der Waals surface area contributed by atoms with E-state index in [1.54, 1.807) is 6.20 Å². The molecule has 6 nitrogen and oxygen atoms in total. The van der Waals surface area contributed by atoms with Crippen molar-refractivity contribution in [3.05, 3.63) is 59.8 Å². The monoisotopic (exact) mass is 391 g/mol. The first-order chi connectivity index (χ1) is 14.2. The number of carbonyl (C=O) groups excluding carboxylic acids is 1. The smallest absolute Gasteiger partial charge is 0.319 e. The molecule has 0 aliphatic heterocycles. The standard InChI is InChI=1S/C23H29N5O/c1-2-14-24-15-6-12-23(13-11-17-7-3-4-8-19(17)23)27-22(29)26-20-9-5-10-21-18(20)16-25-28-21/h3-5,7-10,16,24H,2,6,11-15H2,1H3,(H,25,28)(H2,26,27,29). The molecule has 2 aromatic carbocycles. The Balaban J connectivity index is 1.51. The normalized spacial score (nSPS) is 18.0. The zero-order valence-electron chi connectivity index (χ0n) is 16.9. The largest absolute Gasteiger partial charge is 0.328 e. The maximum absolute atomic E-state index is 13.0.